The summed E-state index contributed by atoms with van der Waals surface area (Å²) >= 11 is 1.49. The standard InChI is InChI=1S/C13H23FOSSi/c1-13(2,3)17(4,5)15-9-6-7-12-11(14)8-10-16-12/h8,10H,6-7,9H2,1-5H3. The van der Waals surface area contributed by atoms with Crippen LogP contribution in [-0.2, 0) is 10.8 Å². The summed E-state index contributed by atoms with van der Waals surface area (Å²) in [5, 5.41) is 2.06. The van der Waals surface area contributed by atoms with E-state index >= 15 is 0 Å². The molecule has 0 fully saturated rings. The van der Waals surface area contributed by atoms with Crippen LogP contribution < -0.4 is 0 Å². The van der Waals surface area contributed by atoms with Crippen LogP contribution in [0, 0.1) is 5.82 Å². The van der Waals surface area contributed by atoms with E-state index in [0.29, 0.717) is 0 Å². The van der Waals surface area contributed by atoms with Crippen molar-refractivity contribution in [3.63, 3.8) is 0 Å². The topological polar surface area (TPSA) is 9.23 Å². The van der Waals surface area contributed by atoms with Gasteiger partial charge in [0.25, 0.3) is 0 Å². The number of halogens is 1. The fourth-order valence-corrected chi connectivity index (χ4v) is 3.16. The summed E-state index contributed by atoms with van der Waals surface area (Å²) in [7, 11) is -1.63. The molecule has 0 spiro atoms. The van der Waals surface area contributed by atoms with Gasteiger partial charge in [-0.1, -0.05) is 20.8 Å². The maximum absolute atomic E-state index is 13.2. The van der Waals surface area contributed by atoms with Crippen LogP contribution in [0.5, 0.6) is 0 Å². The maximum Gasteiger partial charge on any atom is 0.191 e. The highest BCUT2D eigenvalue weighted by molar-refractivity contribution is 7.09. The second-order valence-corrected chi connectivity index (χ2v) is 11.7. The van der Waals surface area contributed by atoms with E-state index in [1.807, 2.05) is 0 Å². The average molecular weight is 274 g/mol. The molecule has 0 saturated carbocycles. The molecule has 0 unspecified atom stereocenters. The molecule has 1 heterocycles. The Hall–Kier alpha value is -0.193. The van der Waals surface area contributed by atoms with E-state index in [2.05, 4.69) is 33.9 Å². The predicted molar refractivity (Wildman–Crippen MR) is 75.7 cm³/mol. The molecule has 0 saturated heterocycles. The minimum absolute atomic E-state index is 0.0673. The SMILES string of the molecule is CC(C)(C)[Si](C)(C)OCCCc1sccc1F. The van der Waals surface area contributed by atoms with E-state index in [0.717, 1.165) is 24.3 Å². The molecule has 0 N–H and O–H groups in total. The smallest absolute Gasteiger partial charge is 0.191 e. The first-order chi connectivity index (χ1) is 7.74. The number of hydrogen-bond acceptors (Lipinski definition) is 2. The van der Waals surface area contributed by atoms with Gasteiger partial charge in [0.05, 0.1) is 0 Å². The van der Waals surface area contributed by atoms with Crippen molar-refractivity contribution >= 4 is 19.7 Å². The highest BCUT2D eigenvalue weighted by Crippen LogP contribution is 2.36. The van der Waals surface area contributed by atoms with Gasteiger partial charge in [0.1, 0.15) is 5.82 Å². The van der Waals surface area contributed by atoms with Crippen LogP contribution in [0.25, 0.3) is 0 Å². The first-order valence-corrected chi connectivity index (χ1v) is 9.89. The Labute approximate surface area is 109 Å². The third kappa shape index (κ3) is 4.19. The number of rotatable bonds is 5. The van der Waals surface area contributed by atoms with E-state index in [1.54, 1.807) is 5.38 Å². The predicted octanol–water partition coefficient (Wildman–Crippen LogP) is 4.84. The summed E-state index contributed by atoms with van der Waals surface area (Å²) in [5.41, 5.74) is 0. The van der Waals surface area contributed by atoms with Crippen LogP contribution in [0.4, 0.5) is 4.39 Å². The summed E-state index contributed by atoms with van der Waals surface area (Å²) in [6.45, 7) is 11.9. The summed E-state index contributed by atoms with van der Waals surface area (Å²) in [5.74, 6) is -0.0673. The Kier molecular flexibility index (Phi) is 4.92. The number of aryl methyl sites for hydroxylation is 1. The van der Waals surface area contributed by atoms with Gasteiger partial charge in [0, 0.05) is 11.5 Å². The molecule has 0 amide bonds. The molecule has 0 aliphatic heterocycles. The monoisotopic (exact) mass is 274 g/mol. The van der Waals surface area contributed by atoms with Gasteiger partial charge in [-0.05, 0) is 42.4 Å². The van der Waals surface area contributed by atoms with Crippen molar-refractivity contribution in [3.05, 3.63) is 22.1 Å². The van der Waals surface area contributed by atoms with Crippen molar-refractivity contribution in [1.29, 1.82) is 0 Å². The summed E-state index contributed by atoms with van der Waals surface area (Å²) < 4.78 is 19.2. The van der Waals surface area contributed by atoms with Gasteiger partial charge in [-0.3, -0.25) is 0 Å². The molecule has 17 heavy (non-hydrogen) atoms. The van der Waals surface area contributed by atoms with Gasteiger partial charge in [-0.2, -0.15) is 0 Å². The van der Waals surface area contributed by atoms with Crippen molar-refractivity contribution in [3.8, 4) is 0 Å². The van der Waals surface area contributed by atoms with Crippen LogP contribution in [0.3, 0.4) is 0 Å². The van der Waals surface area contributed by atoms with Gasteiger partial charge in [0.15, 0.2) is 8.32 Å². The van der Waals surface area contributed by atoms with Gasteiger partial charge in [0.2, 0.25) is 0 Å². The first-order valence-electron chi connectivity index (χ1n) is 6.10. The Morgan fingerprint density at radius 2 is 2.00 bits per heavy atom. The van der Waals surface area contributed by atoms with Crippen LogP contribution in [0.2, 0.25) is 18.1 Å². The fourth-order valence-electron chi connectivity index (χ4n) is 1.28. The van der Waals surface area contributed by atoms with Gasteiger partial charge in [-0.15, -0.1) is 11.3 Å². The third-order valence-electron chi connectivity index (χ3n) is 3.51. The minimum atomic E-state index is -1.63. The second-order valence-electron chi connectivity index (χ2n) is 5.90. The van der Waals surface area contributed by atoms with E-state index in [1.165, 1.54) is 17.4 Å². The van der Waals surface area contributed by atoms with Crippen molar-refractivity contribution in [2.24, 2.45) is 0 Å². The van der Waals surface area contributed by atoms with Gasteiger partial charge >= 0.3 is 0 Å². The fraction of sp³-hybridized carbons (Fsp3) is 0.692. The molecule has 1 rings (SSSR count). The Bertz CT molecular complexity index is 355. The molecule has 0 bridgehead atoms. The van der Waals surface area contributed by atoms with Crippen LogP contribution >= 0.6 is 11.3 Å². The Morgan fingerprint density at radius 1 is 1.35 bits per heavy atom. The minimum Gasteiger partial charge on any atom is -0.417 e. The van der Waals surface area contributed by atoms with Crippen molar-refractivity contribution in [1.82, 2.24) is 0 Å². The number of thiophene rings is 1. The molecule has 4 heteroatoms. The van der Waals surface area contributed by atoms with Crippen molar-refractivity contribution in [2.75, 3.05) is 6.61 Å². The van der Waals surface area contributed by atoms with Crippen molar-refractivity contribution in [2.45, 2.75) is 51.7 Å². The molecule has 0 aliphatic carbocycles. The van der Waals surface area contributed by atoms with E-state index in [9.17, 15) is 4.39 Å². The normalized spacial score (nSPS) is 13.1. The van der Waals surface area contributed by atoms with E-state index in [-0.39, 0.29) is 10.9 Å². The zero-order chi connectivity index (χ0) is 13.1. The quantitative estimate of drug-likeness (QED) is 0.551. The summed E-state index contributed by atoms with van der Waals surface area (Å²) in [6, 6.07) is 1.54. The lowest BCUT2D eigenvalue weighted by molar-refractivity contribution is 0.282. The van der Waals surface area contributed by atoms with Gasteiger partial charge < -0.3 is 4.43 Å². The van der Waals surface area contributed by atoms with Crippen LogP contribution in [0.15, 0.2) is 11.4 Å². The second kappa shape index (κ2) is 5.63. The number of hydrogen-bond donors (Lipinski definition) is 0. The molecule has 1 aromatic rings. The third-order valence-corrected chi connectivity index (χ3v) is 9.00. The summed E-state index contributed by atoms with van der Waals surface area (Å²) in [4.78, 5) is 0.851. The lowest BCUT2D eigenvalue weighted by Crippen LogP contribution is -2.41. The maximum atomic E-state index is 13.2. The molecule has 0 aromatic carbocycles. The van der Waals surface area contributed by atoms with E-state index < -0.39 is 8.32 Å². The largest absolute Gasteiger partial charge is 0.417 e. The zero-order valence-corrected chi connectivity index (χ0v) is 13.3. The molecule has 0 atom stereocenters. The van der Waals surface area contributed by atoms with Crippen LogP contribution in [0.1, 0.15) is 32.1 Å². The molecular formula is C13H23FOSSi. The average Bonchev–Trinajstić information content (AvgIpc) is 2.57. The van der Waals surface area contributed by atoms with Crippen LogP contribution in [-0.4, -0.2) is 14.9 Å². The molecule has 0 radical (unpaired) electrons. The Balaban J connectivity index is 2.32. The molecule has 98 valence electrons. The zero-order valence-electron chi connectivity index (χ0n) is 11.5. The lowest BCUT2D eigenvalue weighted by atomic mass is 10.2. The highest BCUT2D eigenvalue weighted by atomic mass is 32.1. The summed E-state index contributed by atoms with van der Waals surface area (Å²) in [6.07, 6.45) is 1.70. The van der Waals surface area contributed by atoms with Crippen molar-refractivity contribution < 1.29 is 8.82 Å². The molecule has 0 aliphatic rings. The highest BCUT2D eigenvalue weighted by Gasteiger charge is 2.36. The van der Waals surface area contributed by atoms with Gasteiger partial charge in [-0.25, -0.2) is 4.39 Å². The lowest BCUT2D eigenvalue weighted by Gasteiger charge is -2.36. The first kappa shape index (κ1) is 14.9. The molecule has 1 nitrogen and oxygen atoms in total. The molecular weight excluding hydrogens is 251 g/mol. The Morgan fingerprint density at radius 3 is 2.47 bits per heavy atom. The van der Waals surface area contributed by atoms with E-state index in [4.69, 9.17) is 4.43 Å². The molecule has 1 aromatic heterocycles.